The molecule has 4 nitrogen and oxygen atoms in total. The van der Waals surface area contributed by atoms with Crippen LogP contribution in [0, 0.1) is 0 Å². The topological polar surface area (TPSA) is 52.9 Å². The number of benzene rings is 3. The van der Waals surface area contributed by atoms with Gasteiger partial charge in [-0.25, -0.2) is 0 Å². The van der Waals surface area contributed by atoms with Crippen molar-refractivity contribution in [3.05, 3.63) is 107 Å². The molecular formula is C24H20N2O2S. The number of amidine groups is 1. The van der Waals surface area contributed by atoms with Crippen LogP contribution in [0.15, 0.2) is 94.8 Å². The van der Waals surface area contributed by atoms with Gasteiger partial charge in [-0.2, -0.15) is 0 Å². The Balaban J connectivity index is 1.63. The molecule has 0 atom stereocenters. The van der Waals surface area contributed by atoms with E-state index in [0.717, 1.165) is 16.7 Å². The Bertz CT molecular complexity index is 1060. The summed E-state index contributed by atoms with van der Waals surface area (Å²) in [5, 5.41) is 10.4. The maximum Gasteiger partial charge on any atom is 0.267 e. The van der Waals surface area contributed by atoms with Gasteiger partial charge in [0.2, 0.25) is 0 Å². The fraction of sp³-hybridized carbons (Fsp3) is 0.0833. The van der Waals surface area contributed by atoms with Crippen molar-refractivity contribution in [3.63, 3.8) is 0 Å². The fourth-order valence-corrected chi connectivity index (χ4v) is 4.02. The van der Waals surface area contributed by atoms with E-state index in [4.69, 9.17) is 4.99 Å². The first-order valence-electron chi connectivity index (χ1n) is 9.32. The summed E-state index contributed by atoms with van der Waals surface area (Å²) < 4.78 is 0. The van der Waals surface area contributed by atoms with Crippen LogP contribution in [0.3, 0.4) is 0 Å². The lowest BCUT2D eigenvalue weighted by Crippen LogP contribution is -2.28. The highest BCUT2D eigenvalue weighted by atomic mass is 32.2. The van der Waals surface area contributed by atoms with E-state index in [1.807, 2.05) is 66.7 Å². The Morgan fingerprint density at radius 3 is 2.28 bits per heavy atom. The van der Waals surface area contributed by atoms with Crippen LogP contribution in [0.2, 0.25) is 0 Å². The third-order valence-electron chi connectivity index (χ3n) is 4.48. The Morgan fingerprint density at radius 1 is 0.897 bits per heavy atom. The molecule has 0 bridgehead atoms. The molecule has 4 rings (SSSR count). The van der Waals surface area contributed by atoms with Crippen molar-refractivity contribution in [2.75, 3.05) is 0 Å². The molecule has 5 heteroatoms. The van der Waals surface area contributed by atoms with Crippen LogP contribution in [-0.2, 0) is 17.9 Å². The molecule has 0 aromatic heterocycles. The predicted molar refractivity (Wildman–Crippen MR) is 118 cm³/mol. The van der Waals surface area contributed by atoms with Gasteiger partial charge in [0, 0.05) is 0 Å². The lowest BCUT2D eigenvalue weighted by molar-refractivity contribution is -0.122. The molecule has 3 aromatic rings. The molecule has 0 aliphatic carbocycles. The minimum absolute atomic E-state index is 0.0750. The predicted octanol–water partition coefficient (Wildman–Crippen LogP) is 5.06. The largest absolute Gasteiger partial charge is 0.508 e. The number of amides is 1. The molecule has 3 aromatic carbocycles. The molecule has 1 amide bonds. The van der Waals surface area contributed by atoms with Crippen LogP contribution in [0.4, 0.5) is 0 Å². The maximum atomic E-state index is 13.1. The average Bonchev–Trinajstić information content (AvgIpc) is 3.03. The van der Waals surface area contributed by atoms with Gasteiger partial charge >= 0.3 is 0 Å². The van der Waals surface area contributed by atoms with Crippen LogP contribution in [0.1, 0.15) is 16.7 Å². The first-order chi connectivity index (χ1) is 14.2. The number of thioether (sulfide) groups is 1. The van der Waals surface area contributed by atoms with Gasteiger partial charge < -0.3 is 5.11 Å². The van der Waals surface area contributed by atoms with E-state index in [1.165, 1.54) is 11.8 Å². The van der Waals surface area contributed by atoms with Crippen LogP contribution in [-0.4, -0.2) is 21.1 Å². The number of hydrogen-bond donors (Lipinski definition) is 1. The second kappa shape index (κ2) is 8.80. The van der Waals surface area contributed by atoms with Gasteiger partial charge in [0.25, 0.3) is 5.91 Å². The Hall–Kier alpha value is -3.31. The number of phenols is 1. The summed E-state index contributed by atoms with van der Waals surface area (Å²) in [4.78, 5) is 20.2. The van der Waals surface area contributed by atoms with E-state index >= 15 is 0 Å². The zero-order valence-electron chi connectivity index (χ0n) is 15.7. The molecule has 29 heavy (non-hydrogen) atoms. The monoisotopic (exact) mass is 400 g/mol. The number of phenolic OH excluding ortho intramolecular Hbond substituents is 1. The van der Waals surface area contributed by atoms with Crippen molar-refractivity contribution in [1.82, 2.24) is 4.90 Å². The van der Waals surface area contributed by atoms with Crippen LogP contribution >= 0.6 is 11.8 Å². The minimum atomic E-state index is -0.0750. The van der Waals surface area contributed by atoms with Crippen molar-refractivity contribution in [2.24, 2.45) is 4.99 Å². The van der Waals surface area contributed by atoms with E-state index in [-0.39, 0.29) is 11.7 Å². The third-order valence-corrected chi connectivity index (χ3v) is 5.52. The van der Waals surface area contributed by atoms with Crippen LogP contribution in [0.5, 0.6) is 5.75 Å². The number of aliphatic imine (C=N–C) groups is 1. The second-order valence-corrected chi connectivity index (χ2v) is 7.68. The molecule has 0 saturated carbocycles. The highest BCUT2D eigenvalue weighted by molar-refractivity contribution is 8.18. The van der Waals surface area contributed by atoms with Gasteiger partial charge in [-0.3, -0.25) is 14.7 Å². The first-order valence-corrected chi connectivity index (χ1v) is 10.1. The lowest BCUT2D eigenvalue weighted by Gasteiger charge is -2.15. The van der Waals surface area contributed by atoms with Crippen molar-refractivity contribution in [1.29, 1.82) is 0 Å². The summed E-state index contributed by atoms with van der Waals surface area (Å²) in [6, 6.07) is 26.8. The Morgan fingerprint density at radius 2 is 1.59 bits per heavy atom. The highest BCUT2D eigenvalue weighted by Gasteiger charge is 2.33. The highest BCUT2D eigenvalue weighted by Crippen LogP contribution is 2.34. The van der Waals surface area contributed by atoms with Gasteiger partial charge in [0.05, 0.1) is 18.0 Å². The van der Waals surface area contributed by atoms with Crippen molar-refractivity contribution in [2.45, 2.75) is 13.1 Å². The molecule has 0 radical (unpaired) electrons. The third kappa shape index (κ3) is 4.76. The zero-order chi connectivity index (χ0) is 20.1. The minimum Gasteiger partial charge on any atom is -0.508 e. The number of aromatic hydroxyl groups is 1. The molecular weight excluding hydrogens is 380 g/mol. The van der Waals surface area contributed by atoms with Crippen LogP contribution < -0.4 is 0 Å². The van der Waals surface area contributed by atoms with Crippen LogP contribution in [0.25, 0.3) is 6.08 Å². The average molecular weight is 401 g/mol. The quantitative estimate of drug-likeness (QED) is 0.609. The second-order valence-electron chi connectivity index (χ2n) is 6.67. The number of carbonyl (C=O) groups is 1. The number of hydrogen-bond acceptors (Lipinski definition) is 4. The SMILES string of the molecule is O=C1C(=Cc2cccc(O)c2)SC(=NCc2ccccc2)N1Cc1ccccc1. The summed E-state index contributed by atoms with van der Waals surface area (Å²) in [5.74, 6) is 0.0999. The molecule has 1 aliphatic heterocycles. The summed E-state index contributed by atoms with van der Waals surface area (Å²) in [5.41, 5.74) is 2.93. The molecule has 0 spiro atoms. The van der Waals surface area contributed by atoms with Crippen molar-refractivity contribution < 1.29 is 9.90 Å². The summed E-state index contributed by atoms with van der Waals surface area (Å²) in [6.45, 7) is 0.985. The van der Waals surface area contributed by atoms with Gasteiger partial charge in [0.1, 0.15) is 5.75 Å². The fourth-order valence-electron chi connectivity index (χ4n) is 3.04. The van der Waals surface area contributed by atoms with Gasteiger partial charge in [0.15, 0.2) is 5.17 Å². The summed E-state index contributed by atoms with van der Waals surface area (Å²) in [6.07, 6.45) is 1.80. The standard InChI is InChI=1S/C24H20N2O2S/c27-21-13-7-12-20(14-21)15-22-23(28)26(17-19-10-5-2-6-11-19)24(29-22)25-16-18-8-3-1-4-9-18/h1-15,27H,16-17H2. The van der Waals surface area contributed by atoms with Crippen molar-refractivity contribution >= 4 is 28.9 Å². The summed E-state index contributed by atoms with van der Waals surface area (Å²) >= 11 is 1.37. The van der Waals surface area contributed by atoms with E-state index in [9.17, 15) is 9.90 Å². The van der Waals surface area contributed by atoms with E-state index in [1.54, 1.807) is 29.2 Å². The molecule has 144 valence electrons. The zero-order valence-corrected chi connectivity index (χ0v) is 16.5. The molecule has 1 saturated heterocycles. The molecule has 0 unspecified atom stereocenters. The number of carbonyl (C=O) groups excluding carboxylic acids is 1. The van der Waals surface area contributed by atoms with Gasteiger partial charge in [-0.1, -0.05) is 72.8 Å². The van der Waals surface area contributed by atoms with Gasteiger partial charge in [-0.15, -0.1) is 0 Å². The molecule has 1 aliphatic rings. The molecule has 1 fully saturated rings. The Labute approximate surface area is 174 Å². The van der Waals surface area contributed by atoms with E-state index < -0.39 is 0 Å². The normalized spacial score (nSPS) is 16.7. The smallest absolute Gasteiger partial charge is 0.267 e. The summed E-state index contributed by atoms with van der Waals surface area (Å²) in [7, 11) is 0. The number of nitrogens with zero attached hydrogens (tertiary/aromatic N) is 2. The first kappa shape index (κ1) is 19.0. The molecule has 1 N–H and O–H groups in total. The van der Waals surface area contributed by atoms with Crippen molar-refractivity contribution in [3.8, 4) is 5.75 Å². The van der Waals surface area contributed by atoms with E-state index in [0.29, 0.717) is 23.2 Å². The number of rotatable bonds is 5. The lowest BCUT2D eigenvalue weighted by atomic mass is 10.2. The maximum absolute atomic E-state index is 13.1. The van der Waals surface area contributed by atoms with E-state index in [2.05, 4.69) is 0 Å². The van der Waals surface area contributed by atoms with Gasteiger partial charge in [-0.05, 0) is 46.7 Å². The Kier molecular flexibility index (Phi) is 5.77. The molecule has 1 heterocycles.